The van der Waals surface area contributed by atoms with Crippen molar-refractivity contribution in [3.05, 3.63) is 179 Å². The molecule has 0 aliphatic heterocycles. The molecular formula is C46H42N2. The van der Waals surface area contributed by atoms with E-state index in [-0.39, 0.29) is 6.04 Å². The molecule has 0 amide bonds. The second-order valence-electron chi connectivity index (χ2n) is 13.7. The van der Waals surface area contributed by atoms with Gasteiger partial charge in [-0.05, 0) is 121 Å². The van der Waals surface area contributed by atoms with Gasteiger partial charge in [0.2, 0.25) is 0 Å². The highest BCUT2D eigenvalue weighted by Gasteiger charge is 2.34. The number of benzene rings is 6. The maximum atomic E-state index is 2.56. The van der Waals surface area contributed by atoms with Crippen LogP contribution in [-0.2, 0) is 6.42 Å². The van der Waals surface area contributed by atoms with Crippen molar-refractivity contribution in [2.24, 2.45) is 5.92 Å². The molecule has 0 fully saturated rings. The maximum Gasteiger partial charge on any atom is 0.0638 e. The van der Waals surface area contributed by atoms with E-state index in [4.69, 9.17) is 0 Å². The van der Waals surface area contributed by atoms with Crippen LogP contribution in [0.2, 0.25) is 0 Å². The second-order valence-corrected chi connectivity index (χ2v) is 13.7. The number of fused-ring (bicyclic) bond motifs is 5. The summed E-state index contributed by atoms with van der Waals surface area (Å²) in [7, 11) is 0. The van der Waals surface area contributed by atoms with Gasteiger partial charge in [0.25, 0.3) is 0 Å². The smallest absolute Gasteiger partial charge is 0.0638 e. The van der Waals surface area contributed by atoms with Crippen LogP contribution in [0.5, 0.6) is 0 Å². The van der Waals surface area contributed by atoms with Crippen LogP contribution in [0.4, 0.5) is 22.7 Å². The highest BCUT2D eigenvalue weighted by Crippen LogP contribution is 2.51. The summed E-state index contributed by atoms with van der Waals surface area (Å²) in [5, 5.41) is 2.62. The fourth-order valence-electron chi connectivity index (χ4n) is 7.86. The van der Waals surface area contributed by atoms with E-state index in [1.165, 1.54) is 78.2 Å². The quantitative estimate of drug-likeness (QED) is 0.182. The molecule has 0 N–H and O–H groups in total. The number of nitrogens with zero attached hydrogens (tertiary/aromatic N) is 2. The number of hydrogen-bond acceptors (Lipinski definition) is 2. The van der Waals surface area contributed by atoms with Gasteiger partial charge in [-0.15, -0.1) is 0 Å². The van der Waals surface area contributed by atoms with E-state index in [1.54, 1.807) is 0 Å². The summed E-state index contributed by atoms with van der Waals surface area (Å²) in [5.41, 5.74) is 15.6. The average molecular weight is 623 g/mol. The van der Waals surface area contributed by atoms with E-state index in [1.807, 2.05) is 0 Å². The molecule has 2 nitrogen and oxygen atoms in total. The lowest BCUT2D eigenvalue weighted by Crippen LogP contribution is -2.29. The Balaban J connectivity index is 1.38. The van der Waals surface area contributed by atoms with Crippen molar-refractivity contribution < 1.29 is 0 Å². The van der Waals surface area contributed by atoms with Crippen LogP contribution in [-0.4, -0.2) is 0 Å². The van der Waals surface area contributed by atoms with Gasteiger partial charge >= 0.3 is 0 Å². The van der Waals surface area contributed by atoms with Crippen LogP contribution < -0.4 is 9.80 Å². The minimum Gasteiger partial charge on any atom is -0.334 e. The Labute approximate surface area is 285 Å². The van der Waals surface area contributed by atoms with Crippen LogP contribution in [0.25, 0.3) is 21.9 Å². The van der Waals surface area contributed by atoms with E-state index in [2.05, 4.69) is 183 Å². The molecule has 2 atom stereocenters. The zero-order valence-electron chi connectivity index (χ0n) is 28.3. The third-order valence-electron chi connectivity index (χ3n) is 10.2. The molecule has 48 heavy (non-hydrogen) atoms. The van der Waals surface area contributed by atoms with Crippen LogP contribution in [0.3, 0.4) is 0 Å². The standard InChI is InChI=1S/C46H42N2/c1-31-20-24-36(25-21-31)47(35-14-6-5-7-15-35)45-29-42-39-17-8-9-18-40(39)44(30-43(42)46-34(4)13-11-19-41(45)46)48(37-26-22-32(2)23-27-37)38-16-10-12-33(3)28-38/h5-27,30,33,45H,28-29H2,1-4H3. The highest BCUT2D eigenvalue weighted by molar-refractivity contribution is 6.04. The Kier molecular flexibility index (Phi) is 7.73. The first-order valence-electron chi connectivity index (χ1n) is 17.3. The molecule has 2 aliphatic carbocycles. The number of allylic oxidation sites excluding steroid dienone is 4. The van der Waals surface area contributed by atoms with Gasteiger partial charge in [0.05, 0.1) is 11.7 Å². The summed E-state index contributed by atoms with van der Waals surface area (Å²) in [6.07, 6.45) is 8.76. The topological polar surface area (TPSA) is 6.48 Å². The van der Waals surface area contributed by atoms with Gasteiger partial charge in [0.15, 0.2) is 0 Å². The third kappa shape index (κ3) is 5.32. The normalized spacial score (nSPS) is 16.6. The number of hydrogen-bond donors (Lipinski definition) is 0. The number of para-hydroxylation sites is 1. The minimum atomic E-state index is 0.131. The van der Waals surface area contributed by atoms with E-state index in [9.17, 15) is 0 Å². The molecule has 0 radical (unpaired) electrons. The predicted octanol–water partition coefficient (Wildman–Crippen LogP) is 12.5. The summed E-state index contributed by atoms with van der Waals surface area (Å²) in [6, 6.07) is 47.6. The van der Waals surface area contributed by atoms with Gasteiger partial charge in [0, 0.05) is 28.1 Å². The molecule has 0 bridgehead atoms. The monoisotopic (exact) mass is 622 g/mol. The molecule has 2 heteroatoms. The van der Waals surface area contributed by atoms with Crippen molar-refractivity contribution >= 4 is 33.5 Å². The van der Waals surface area contributed by atoms with Crippen molar-refractivity contribution in [3.63, 3.8) is 0 Å². The van der Waals surface area contributed by atoms with E-state index < -0.39 is 0 Å². The van der Waals surface area contributed by atoms with E-state index in [0.29, 0.717) is 5.92 Å². The van der Waals surface area contributed by atoms with Gasteiger partial charge in [0.1, 0.15) is 0 Å². The number of anilines is 4. The van der Waals surface area contributed by atoms with Crippen molar-refractivity contribution in [3.8, 4) is 11.1 Å². The van der Waals surface area contributed by atoms with Crippen molar-refractivity contribution in [2.75, 3.05) is 9.80 Å². The molecular weight excluding hydrogens is 581 g/mol. The highest BCUT2D eigenvalue weighted by atomic mass is 15.2. The summed E-state index contributed by atoms with van der Waals surface area (Å²) in [6.45, 7) is 8.93. The molecule has 0 saturated carbocycles. The lowest BCUT2D eigenvalue weighted by Gasteiger charge is -2.40. The third-order valence-corrected chi connectivity index (χ3v) is 10.2. The average Bonchev–Trinajstić information content (AvgIpc) is 3.11. The van der Waals surface area contributed by atoms with Crippen LogP contribution >= 0.6 is 0 Å². The lowest BCUT2D eigenvalue weighted by molar-refractivity contribution is 0.687. The fourth-order valence-corrected chi connectivity index (χ4v) is 7.86. The first-order chi connectivity index (χ1) is 23.5. The van der Waals surface area contributed by atoms with Crippen molar-refractivity contribution in [1.29, 1.82) is 0 Å². The zero-order valence-corrected chi connectivity index (χ0v) is 28.3. The van der Waals surface area contributed by atoms with E-state index >= 15 is 0 Å². The van der Waals surface area contributed by atoms with Crippen molar-refractivity contribution in [2.45, 2.75) is 46.6 Å². The second kappa shape index (κ2) is 12.4. The van der Waals surface area contributed by atoms with Gasteiger partial charge in [-0.3, -0.25) is 0 Å². The number of aryl methyl sites for hydroxylation is 3. The summed E-state index contributed by atoms with van der Waals surface area (Å²) in [5.74, 6) is 0.483. The molecule has 8 rings (SSSR count). The van der Waals surface area contributed by atoms with E-state index in [0.717, 1.165) is 12.8 Å². The Hall–Kier alpha value is -5.34. The van der Waals surface area contributed by atoms with Gasteiger partial charge in [-0.25, -0.2) is 0 Å². The van der Waals surface area contributed by atoms with Gasteiger partial charge in [-0.1, -0.05) is 115 Å². The first kappa shape index (κ1) is 30.0. The molecule has 2 aliphatic rings. The predicted molar refractivity (Wildman–Crippen MR) is 205 cm³/mol. The van der Waals surface area contributed by atoms with Crippen LogP contribution in [0.15, 0.2) is 151 Å². The SMILES string of the molecule is Cc1ccc(N(C2=CC=CC(C)C2)c2cc3c(c4ccccc24)CC(N(c2ccccc2)c2ccc(C)cc2)c2cccc(C)c2-3)cc1. The largest absolute Gasteiger partial charge is 0.334 e. The van der Waals surface area contributed by atoms with Crippen LogP contribution in [0, 0.1) is 26.7 Å². The molecule has 0 heterocycles. The number of rotatable bonds is 6. The Morgan fingerprint density at radius 2 is 1.25 bits per heavy atom. The maximum absolute atomic E-state index is 2.56. The lowest BCUT2D eigenvalue weighted by atomic mass is 9.77. The molecule has 2 unspecified atom stereocenters. The summed E-state index contributed by atoms with van der Waals surface area (Å²) >= 11 is 0. The first-order valence-corrected chi connectivity index (χ1v) is 17.3. The Morgan fingerprint density at radius 3 is 1.96 bits per heavy atom. The molecule has 0 aromatic heterocycles. The zero-order chi connectivity index (χ0) is 32.8. The van der Waals surface area contributed by atoms with Gasteiger partial charge in [-0.2, -0.15) is 0 Å². The Bertz CT molecular complexity index is 2170. The molecule has 0 spiro atoms. The molecule has 6 aromatic rings. The van der Waals surface area contributed by atoms with Gasteiger partial charge < -0.3 is 9.80 Å². The van der Waals surface area contributed by atoms with Crippen LogP contribution in [0.1, 0.15) is 47.2 Å². The molecule has 6 aromatic carbocycles. The Morgan fingerprint density at radius 1 is 0.604 bits per heavy atom. The summed E-state index contributed by atoms with van der Waals surface area (Å²) in [4.78, 5) is 5.08. The molecule has 236 valence electrons. The van der Waals surface area contributed by atoms with Crippen molar-refractivity contribution in [1.82, 2.24) is 0 Å². The fraction of sp³-hybridized carbons (Fsp3) is 0.174. The minimum absolute atomic E-state index is 0.131. The molecule has 0 saturated heterocycles. The summed E-state index contributed by atoms with van der Waals surface area (Å²) < 4.78 is 0.